The first-order chi connectivity index (χ1) is 5.41. The maximum absolute atomic E-state index is 5.34. The molecule has 0 heterocycles. The Morgan fingerprint density at radius 2 is 1.33 bits per heavy atom. The molecule has 1 radical (unpaired) electrons. The van der Waals surface area contributed by atoms with E-state index in [0.717, 1.165) is 13.2 Å². The van der Waals surface area contributed by atoms with Gasteiger partial charge in [0.1, 0.15) is 0 Å². The van der Waals surface area contributed by atoms with Gasteiger partial charge in [-0.05, 0) is 12.8 Å². The molecule has 0 aromatic carbocycles. The maximum Gasteiger partial charge on any atom is 0.649 e. The first kappa shape index (κ1) is 15.9. The van der Waals surface area contributed by atoms with Crippen LogP contribution in [0.2, 0.25) is 0 Å². The van der Waals surface area contributed by atoms with Crippen molar-refractivity contribution in [2.45, 2.75) is 39.5 Å². The van der Waals surface area contributed by atoms with Crippen molar-refractivity contribution in [3.8, 4) is 0 Å². The Kier molecular flexibility index (Phi) is 19.8. The molecule has 0 saturated heterocycles. The third-order valence-corrected chi connectivity index (χ3v) is 2.36. The third kappa shape index (κ3) is 14.0. The van der Waals surface area contributed by atoms with Crippen molar-refractivity contribution < 1.29 is 7.58 Å². The van der Waals surface area contributed by atoms with Crippen LogP contribution in [-0.4, -0.2) is 58.7 Å². The molecule has 0 spiro atoms. The standard InChI is InChI=1S/2C4H9O.Al.Na.H/c2*1-2-3-4-5;;;/h2*2-4H2,1H3;;;/q2*-1;+2;;. The van der Waals surface area contributed by atoms with Gasteiger partial charge in [0.15, 0.2) is 0 Å². The van der Waals surface area contributed by atoms with Crippen LogP contribution in [0.15, 0.2) is 0 Å². The molecular weight excluding hydrogens is 178 g/mol. The summed E-state index contributed by atoms with van der Waals surface area (Å²) in [6, 6.07) is 0. The molecular formula is C8H19AlNaO2. The van der Waals surface area contributed by atoms with E-state index in [-0.39, 0.29) is 29.6 Å². The van der Waals surface area contributed by atoms with Gasteiger partial charge in [0.2, 0.25) is 0 Å². The topological polar surface area (TPSA) is 18.5 Å². The first-order valence-electron chi connectivity index (χ1n) is 4.57. The van der Waals surface area contributed by atoms with Crippen LogP contribution in [0.25, 0.3) is 0 Å². The van der Waals surface area contributed by atoms with Gasteiger partial charge in [0.25, 0.3) is 0 Å². The molecule has 0 saturated carbocycles. The fourth-order valence-corrected chi connectivity index (χ4v) is 1.43. The minimum absolute atomic E-state index is 0. The van der Waals surface area contributed by atoms with E-state index in [0.29, 0.717) is 0 Å². The Hall–Kier alpha value is 1.45. The average Bonchev–Trinajstić information content (AvgIpc) is 2.03. The van der Waals surface area contributed by atoms with E-state index in [2.05, 4.69) is 13.8 Å². The fraction of sp³-hybridized carbons (Fsp3) is 1.00. The van der Waals surface area contributed by atoms with E-state index >= 15 is 0 Å². The van der Waals surface area contributed by atoms with Gasteiger partial charge in [-0.3, -0.25) is 0 Å². The summed E-state index contributed by atoms with van der Waals surface area (Å²) in [6.45, 7) is 6.13. The number of unbranched alkanes of at least 4 members (excludes halogenated alkanes) is 2. The SMILES string of the molecule is CCCC[O][AlH][O]CCCC.[Na]. The van der Waals surface area contributed by atoms with Crippen LogP contribution in [-0.2, 0) is 7.58 Å². The quantitative estimate of drug-likeness (QED) is 0.433. The summed E-state index contributed by atoms with van der Waals surface area (Å²) in [5.41, 5.74) is 0. The largest absolute Gasteiger partial charge is 0.649 e. The Bertz CT molecular complexity index is 66.1. The molecule has 0 bridgehead atoms. The molecule has 12 heavy (non-hydrogen) atoms. The molecule has 4 heteroatoms. The summed E-state index contributed by atoms with van der Waals surface area (Å²) in [5.74, 6) is 0. The Morgan fingerprint density at radius 1 is 0.917 bits per heavy atom. The molecule has 0 aromatic rings. The fourth-order valence-electron chi connectivity index (χ4n) is 0.670. The second-order valence-corrected chi connectivity index (χ2v) is 3.69. The summed E-state index contributed by atoms with van der Waals surface area (Å²) in [6.07, 6.45) is 4.76. The number of rotatable bonds is 8. The van der Waals surface area contributed by atoms with Crippen LogP contribution in [0.3, 0.4) is 0 Å². The molecule has 0 aliphatic carbocycles. The predicted octanol–water partition coefficient (Wildman–Crippen LogP) is 1.51. The second-order valence-electron chi connectivity index (χ2n) is 2.64. The van der Waals surface area contributed by atoms with Crippen molar-refractivity contribution in [2.24, 2.45) is 0 Å². The van der Waals surface area contributed by atoms with Crippen LogP contribution in [0.1, 0.15) is 39.5 Å². The number of hydrogen-bond acceptors (Lipinski definition) is 2. The summed E-state index contributed by atoms with van der Waals surface area (Å²) >= 11 is -0.629. The van der Waals surface area contributed by atoms with Gasteiger partial charge in [0, 0.05) is 42.8 Å². The van der Waals surface area contributed by atoms with Crippen molar-refractivity contribution in [3.63, 3.8) is 0 Å². The molecule has 0 atom stereocenters. The average molecular weight is 197 g/mol. The molecule has 0 aliphatic heterocycles. The molecule has 67 valence electrons. The Morgan fingerprint density at radius 3 is 1.67 bits per heavy atom. The summed E-state index contributed by atoms with van der Waals surface area (Å²) in [7, 11) is 0. The van der Waals surface area contributed by atoms with Crippen LogP contribution in [0, 0.1) is 0 Å². The third-order valence-electron chi connectivity index (χ3n) is 1.45. The van der Waals surface area contributed by atoms with E-state index in [4.69, 9.17) is 7.58 Å². The van der Waals surface area contributed by atoms with Gasteiger partial charge in [0.05, 0.1) is 0 Å². The van der Waals surface area contributed by atoms with E-state index in [1.807, 2.05) is 0 Å². The smallest absolute Gasteiger partial charge is 0.481 e. The predicted molar refractivity (Wildman–Crippen MR) is 54.6 cm³/mol. The second kappa shape index (κ2) is 14.9. The van der Waals surface area contributed by atoms with Crippen molar-refractivity contribution in [3.05, 3.63) is 0 Å². The van der Waals surface area contributed by atoms with Crippen molar-refractivity contribution in [2.75, 3.05) is 13.2 Å². The van der Waals surface area contributed by atoms with Gasteiger partial charge < -0.3 is 7.58 Å². The van der Waals surface area contributed by atoms with E-state index < -0.39 is 15.9 Å². The zero-order chi connectivity index (χ0) is 8.36. The Balaban J connectivity index is 0. The van der Waals surface area contributed by atoms with Gasteiger partial charge in [-0.1, -0.05) is 26.7 Å². The molecule has 0 fully saturated rings. The van der Waals surface area contributed by atoms with Crippen LogP contribution < -0.4 is 0 Å². The molecule has 0 amide bonds. The van der Waals surface area contributed by atoms with Crippen molar-refractivity contribution in [1.29, 1.82) is 0 Å². The van der Waals surface area contributed by atoms with Gasteiger partial charge in [-0.25, -0.2) is 0 Å². The van der Waals surface area contributed by atoms with Gasteiger partial charge in [-0.15, -0.1) is 0 Å². The molecule has 0 N–H and O–H groups in total. The molecule has 0 aliphatic rings. The first-order valence-corrected chi connectivity index (χ1v) is 5.72. The summed E-state index contributed by atoms with van der Waals surface area (Å²) < 4.78 is 10.7. The summed E-state index contributed by atoms with van der Waals surface area (Å²) in [5, 5.41) is 0. The molecule has 2 nitrogen and oxygen atoms in total. The monoisotopic (exact) mass is 197 g/mol. The number of hydrogen-bond donors (Lipinski definition) is 0. The van der Waals surface area contributed by atoms with Crippen LogP contribution in [0.4, 0.5) is 0 Å². The zero-order valence-electron chi connectivity index (χ0n) is 8.77. The summed E-state index contributed by atoms with van der Waals surface area (Å²) in [4.78, 5) is 0. The van der Waals surface area contributed by atoms with Crippen LogP contribution >= 0.6 is 0 Å². The van der Waals surface area contributed by atoms with E-state index in [1.54, 1.807) is 0 Å². The van der Waals surface area contributed by atoms with Gasteiger partial charge >= 0.3 is 15.9 Å². The Labute approximate surface area is 105 Å². The maximum atomic E-state index is 5.34. The zero-order valence-corrected chi connectivity index (χ0v) is 12.2. The van der Waals surface area contributed by atoms with Gasteiger partial charge in [-0.2, -0.15) is 0 Å². The van der Waals surface area contributed by atoms with Crippen molar-refractivity contribution >= 4 is 45.4 Å². The van der Waals surface area contributed by atoms with E-state index in [1.165, 1.54) is 25.7 Å². The van der Waals surface area contributed by atoms with Crippen LogP contribution in [0.5, 0.6) is 0 Å². The van der Waals surface area contributed by atoms with E-state index in [9.17, 15) is 0 Å². The molecule has 0 unspecified atom stereocenters. The van der Waals surface area contributed by atoms with Crippen molar-refractivity contribution in [1.82, 2.24) is 0 Å². The minimum Gasteiger partial charge on any atom is -0.481 e. The molecule has 0 aromatic heterocycles. The molecule has 0 rings (SSSR count). The normalized spacial score (nSPS) is 9.17. The minimum atomic E-state index is -0.629.